The molecule has 33 heavy (non-hydrogen) atoms. The second kappa shape index (κ2) is 9.79. The van der Waals surface area contributed by atoms with E-state index < -0.39 is 17.0 Å². The topological polar surface area (TPSA) is 66.8 Å². The molecular weight excluding hydrogens is 412 g/mol. The number of rotatable bonds is 5. The third-order valence-corrected chi connectivity index (χ3v) is 6.65. The van der Waals surface area contributed by atoms with Crippen LogP contribution in [0.3, 0.4) is 0 Å². The molecule has 172 valence electrons. The molecule has 2 aromatic rings. The summed E-state index contributed by atoms with van der Waals surface area (Å²) in [6.07, 6.45) is 5.80. The molecule has 0 heterocycles. The summed E-state index contributed by atoms with van der Waals surface area (Å²) in [5.41, 5.74) is 0.933. The van der Waals surface area contributed by atoms with E-state index in [-0.39, 0.29) is 11.7 Å². The average molecular weight is 445 g/mol. The lowest BCUT2D eigenvalue weighted by Crippen LogP contribution is -2.49. The zero-order chi connectivity index (χ0) is 24.2. The van der Waals surface area contributed by atoms with E-state index in [1.54, 1.807) is 26.0 Å². The smallest absolute Gasteiger partial charge is 0.331 e. The minimum atomic E-state index is -1.19. The van der Waals surface area contributed by atoms with E-state index in [4.69, 9.17) is 4.74 Å². The highest BCUT2D eigenvalue weighted by Crippen LogP contribution is 2.46. The number of aliphatic hydroxyl groups is 1. The van der Waals surface area contributed by atoms with Crippen LogP contribution in [0.2, 0.25) is 0 Å². The van der Waals surface area contributed by atoms with Crippen LogP contribution in [-0.2, 0) is 9.53 Å². The molecule has 0 spiro atoms. The first-order chi connectivity index (χ1) is 15.5. The number of carboxylic acid groups (broad SMARTS) is 1. The number of aliphatic carboxylic acids is 1. The van der Waals surface area contributed by atoms with Gasteiger partial charge in [-0.2, -0.15) is 0 Å². The number of hydrogen-bond donors (Lipinski definition) is 2. The maximum absolute atomic E-state index is 11.5. The lowest BCUT2D eigenvalue weighted by Gasteiger charge is -2.46. The van der Waals surface area contributed by atoms with Gasteiger partial charge in [0, 0.05) is 16.6 Å². The van der Waals surface area contributed by atoms with Crippen molar-refractivity contribution in [3.05, 3.63) is 83.0 Å². The van der Waals surface area contributed by atoms with Crippen molar-refractivity contribution in [2.45, 2.75) is 52.7 Å². The van der Waals surface area contributed by atoms with Crippen LogP contribution in [0.15, 0.2) is 77.4 Å². The van der Waals surface area contributed by atoms with Crippen molar-refractivity contribution in [2.75, 3.05) is 6.61 Å². The van der Waals surface area contributed by atoms with Crippen molar-refractivity contribution in [3.8, 4) is 11.8 Å². The summed E-state index contributed by atoms with van der Waals surface area (Å²) in [6, 6.07) is 14.3. The van der Waals surface area contributed by atoms with Crippen molar-refractivity contribution in [1.82, 2.24) is 0 Å². The first-order valence-corrected chi connectivity index (χ1v) is 11.1. The Kier molecular flexibility index (Phi) is 7.27. The van der Waals surface area contributed by atoms with E-state index in [2.05, 4.69) is 30.0 Å². The summed E-state index contributed by atoms with van der Waals surface area (Å²) in [5.74, 6) is 5.39. The third-order valence-electron chi connectivity index (χ3n) is 6.65. The van der Waals surface area contributed by atoms with Gasteiger partial charge in [-0.05, 0) is 61.3 Å². The zero-order valence-corrected chi connectivity index (χ0v) is 20.0. The fraction of sp³-hybridized carbons (Fsp3) is 0.345. The number of allylic oxidation sites excluding steroid dienone is 2. The van der Waals surface area contributed by atoms with Gasteiger partial charge < -0.3 is 14.9 Å². The molecule has 0 amide bonds. The molecule has 3 rings (SSSR count). The molecule has 0 aliphatic heterocycles. The third kappa shape index (κ3) is 5.27. The van der Waals surface area contributed by atoms with Gasteiger partial charge >= 0.3 is 5.97 Å². The van der Waals surface area contributed by atoms with E-state index >= 15 is 0 Å². The molecular formula is C29H32O4. The number of hydrogen-bond acceptors (Lipinski definition) is 3. The standard InChI is InChI=1S/C29H32O4/c1-20(22(3)27(30)31)15-16-29(32)21(2)18-25(19-28(29,4)5)33-17-9-13-24-12-8-11-23-10-6-7-14-26(23)24/h6-8,10-12,14-16,18,25,32H,17,19H2,1-5H3,(H,30,31)/b16-15+,22-20-/t25-,29-/m1/s1. The zero-order valence-electron chi connectivity index (χ0n) is 20.0. The summed E-state index contributed by atoms with van der Waals surface area (Å²) >= 11 is 0. The van der Waals surface area contributed by atoms with Gasteiger partial charge in [-0.1, -0.05) is 74.2 Å². The molecule has 0 radical (unpaired) electrons. The normalized spacial score (nSPS) is 23.0. The summed E-state index contributed by atoms with van der Waals surface area (Å²) < 4.78 is 6.04. The van der Waals surface area contributed by atoms with Gasteiger partial charge in [0.05, 0.1) is 6.10 Å². The average Bonchev–Trinajstić information content (AvgIpc) is 2.78. The molecule has 0 unspecified atom stereocenters. The lowest BCUT2D eigenvalue weighted by molar-refractivity contribution is -0.132. The lowest BCUT2D eigenvalue weighted by atomic mass is 9.64. The van der Waals surface area contributed by atoms with Crippen molar-refractivity contribution in [1.29, 1.82) is 0 Å². The predicted octanol–water partition coefficient (Wildman–Crippen LogP) is 5.66. The Morgan fingerprint density at radius 1 is 1.18 bits per heavy atom. The van der Waals surface area contributed by atoms with E-state index in [0.29, 0.717) is 18.6 Å². The number of ether oxygens (including phenoxy) is 1. The monoisotopic (exact) mass is 444 g/mol. The highest BCUT2D eigenvalue weighted by atomic mass is 16.5. The molecule has 0 aromatic heterocycles. The van der Waals surface area contributed by atoms with Crippen LogP contribution in [0.1, 0.15) is 46.6 Å². The van der Waals surface area contributed by atoms with Crippen LogP contribution in [0, 0.1) is 17.3 Å². The Labute approximate surface area is 196 Å². The fourth-order valence-electron chi connectivity index (χ4n) is 4.27. The Morgan fingerprint density at radius 2 is 1.88 bits per heavy atom. The van der Waals surface area contributed by atoms with E-state index in [1.807, 2.05) is 51.1 Å². The van der Waals surface area contributed by atoms with Crippen molar-refractivity contribution < 1.29 is 19.7 Å². The molecule has 1 aliphatic rings. The maximum atomic E-state index is 11.5. The van der Waals surface area contributed by atoms with Gasteiger partial charge in [0.25, 0.3) is 0 Å². The van der Waals surface area contributed by atoms with Crippen molar-refractivity contribution in [2.24, 2.45) is 5.41 Å². The molecule has 4 nitrogen and oxygen atoms in total. The van der Waals surface area contributed by atoms with Crippen LogP contribution in [-0.4, -0.2) is 34.5 Å². The maximum Gasteiger partial charge on any atom is 0.331 e. The van der Waals surface area contributed by atoms with Crippen molar-refractivity contribution in [3.63, 3.8) is 0 Å². The van der Waals surface area contributed by atoms with Crippen LogP contribution >= 0.6 is 0 Å². The second-order valence-electron chi connectivity index (χ2n) is 9.33. The number of carbonyl (C=O) groups is 1. The summed E-state index contributed by atoms with van der Waals surface area (Å²) in [4.78, 5) is 11.2. The van der Waals surface area contributed by atoms with Gasteiger partial charge in [0.2, 0.25) is 0 Å². The number of fused-ring (bicyclic) bond motifs is 1. The molecule has 0 saturated heterocycles. The van der Waals surface area contributed by atoms with E-state index in [0.717, 1.165) is 21.9 Å². The number of benzene rings is 2. The molecule has 0 bridgehead atoms. The van der Waals surface area contributed by atoms with E-state index in [1.165, 1.54) is 0 Å². The first kappa shape index (κ1) is 24.5. The molecule has 4 heteroatoms. The second-order valence-corrected chi connectivity index (χ2v) is 9.33. The Morgan fingerprint density at radius 3 is 2.58 bits per heavy atom. The predicted molar refractivity (Wildman–Crippen MR) is 133 cm³/mol. The number of carboxylic acids is 1. The summed E-state index contributed by atoms with van der Waals surface area (Å²) in [5, 5.41) is 22.9. The molecule has 2 atom stereocenters. The van der Waals surface area contributed by atoms with Crippen LogP contribution in [0.4, 0.5) is 0 Å². The van der Waals surface area contributed by atoms with E-state index in [9.17, 15) is 15.0 Å². The van der Waals surface area contributed by atoms with Crippen LogP contribution in [0.5, 0.6) is 0 Å². The Bertz CT molecular complexity index is 1200. The van der Waals surface area contributed by atoms with Gasteiger partial charge in [-0.15, -0.1) is 0 Å². The molecule has 0 fully saturated rings. The Balaban J connectivity index is 1.74. The van der Waals surface area contributed by atoms with Crippen LogP contribution < -0.4 is 0 Å². The highest BCUT2D eigenvalue weighted by molar-refractivity contribution is 5.88. The Hall–Kier alpha value is -3.13. The SMILES string of the molecule is CC1=C[C@@H](OCC#Cc2cccc3ccccc23)CC(C)(C)[C@@]1(O)/C=C/C(C)=C(/C)C(=O)O. The van der Waals surface area contributed by atoms with Gasteiger partial charge in [0.15, 0.2) is 0 Å². The van der Waals surface area contributed by atoms with Gasteiger partial charge in [-0.3, -0.25) is 0 Å². The quantitative estimate of drug-likeness (QED) is 0.270. The molecule has 0 saturated carbocycles. The van der Waals surface area contributed by atoms with Crippen LogP contribution in [0.25, 0.3) is 10.8 Å². The van der Waals surface area contributed by atoms with Gasteiger partial charge in [-0.25, -0.2) is 4.79 Å². The first-order valence-electron chi connectivity index (χ1n) is 11.1. The highest BCUT2D eigenvalue weighted by Gasteiger charge is 2.47. The largest absolute Gasteiger partial charge is 0.478 e. The van der Waals surface area contributed by atoms with Crippen molar-refractivity contribution >= 4 is 16.7 Å². The fourth-order valence-corrected chi connectivity index (χ4v) is 4.27. The minimum Gasteiger partial charge on any atom is -0.478 e. The summed E-state index contributed by atoms with van der Waals surface area (Å²) in [6.45, 7) is 9.46. The van der Waals surface area contributed by atoms with Gasteiger partial charge in [0.1, 0.15) is 12.2 Å². The molecule has 2 aromatic carbocycles. The molecule has 2 N–H and O–H groups in total. The molecule has 1 aliphatic carbocycles. The summed E-state index contributed by atoms with van der Waals surface area (Å²) in [7, 11) is 0. The minimum absolute atomic E-state index is 0.159.